The van der Waals surface area contributed by atoms with Crippen molar-refractivity contribution in [2.75, 3.05) is 40.8 Å². The van der Waals surface area contributed by atoms with Crippen LogP contribution >= 0.6 is 0 Å². The summed E-state index contributed by atoms with van der Waals surface area (Å²) in [7, 11) is 6.08. The number of guanidine groups is 1. The van der Waals surface area contributed by atoms with E-state index in [-0.39, 0.29) is 5.91 Å². The highest BCUT2D eigenvalue weighted by Gasteiger charge is 2.24. The maximum absolute atomic E-state index is 11.2. The maximum Gasteiger partial charge on any atom is 0.217 e. The van der Waals surface area contributed by atoms with Gasteiger partial charge in [-0.25, -0.2) is 0 Å². The lowest BCUT2D eigenvalue weighted by Crippen LogP contribution is -2.50. The molecule has 134 valence electrons. The molecule has 0 radical (unpaired) electrons. The number of nitrogens with zero attached hydrogens (tertiary/aromatic N) is 3. The zero-order valence-electron chi connectivity index (χ0n) is 15.5. The molecule has 1 rings (SSSR count). The summed E-state index contributed by atoms with van der Waals surface area (Å²) < 4.78 is 0. The zero-order valence-corrected chi connectivity index (χ0v) is 15.5. The predicted octanol–water partition coefficient (Wildman–Crippen LogP) is 1.13. The molecule has 1 amide bonds. The van der Waals surface area contributed by atoms with Crippen LogP contribution in [-0.2, 0) is 4.79 Å². The summed E-state index contributed by atoms with van der Waals surface area (Å²) >= 11 is 0. The van der Waals surface area contributed by atoms with Crippen LogP contribution in [0.1, 0.15) is 39.5 Å². The Hall–Kier alpha value is -1.30. The number of nitrogens with one attached hydrogen (secondary N) is 1. The molecule has 1 heterocycles. The first kappa shape index (κ1) is 19.7. The highest BCUT2D eigenvalue weighted by molar-refractivity contribution is 5.80. The van der Waals surface area contributed by atoms with Gasteiger partial charge in [-0.2, -0.15) is 0 Å². The van der Waals surface area contributed by atoms with Gasteiger partial charge in [0.1, 0.15) is 0 Å². The quantitative estimate of drug-likeness (QED) is 0.543. The van der Waals surface area contributed by atoms with Crippen molar-refractivity contribution in [3.63, 3.8) is 0 Å². The van der Waals surface area contributed by atoms with Gasteiger partial charge in [-0.1, -0.05) is 13.8 Å². The van der Waals surface area contributed by atoms with Crippen LogP contribution in [0.2, 0.25) is 0 Å². The number of primary amides is 1. The number of aliphatic imine (C=N–C) groups is 1. The lowest BCUT2D eigenvalue weighted by molar-refractivity contribution is -0.119. The Morgan fingerprint density at radius 2 is 2.13 bits per heavy atom. The number of nitrogens with two attached hydrogens (primary N) is 1. The van der Waals surface area contributed by atoms with Crippen molar-refractivity contribution in [2.24, 2.45) is 22.6 Å². The van der Waals surface area contributed by atoms with E-state index in [0.29, 0.717) is 24.3 Å². The second-order valence-electron chi connectivity index (χ2n) is 7.30. The number of amides is 1. The van der Waals surface area contributed by atoms with E-state index in [1.807, 2.05) is 7.05 Å². The molecule has 23 heavy (non-hydrogen) atoms. The Balaban J connectivity index is 2.57. The summed E-state index contributed by atoms with van der Waals surface area (Å²) in [6.45, 7) is 7.24. The van der Waals surface area contributed by atoms with Crippen molar-refractivity contribution in [2.45, 2.75) is 45.6 Å². The van der Waals surface area contributed by atoms with E-state index in [1.54, 1.807) is 0 Å². The van der Waals surface area contributed by atoms with E-state index in [9.17, 15) is 4.79 Å². The van der Waals surface area contributed by atoms with Gasteiger partial charge in [0.2, 0.25) is 5.91 Å². The number of rotatable bonds is 7. The molecule has 0 aromatic rings. The summed E-state index contributed by atoms with van der Waals surface area (Å²) in [5, 5.41) is 3.52. The van der Waals surface area contributed by atoms with Gasteiger partial charge >= 0.3 is 0 Å². The van der Waals surface area contributed by atoms with Gasteiger partial charge in [0.05, 0.1) is 0 Å². The van der Waals surface area contributed by atoms with E-state index < -0.39 is 0 Å². The summed E-state index contributed by atoms with van der Waals surface area (Å²) in [6.07, 6.45) is 3.79. The van der Waals surface area contributed by atoms with E-state index in [4.69, 9.17) is 5.73 Å². The van der Waals surface area contributed by atoms with Crippen LogP contribution < -0.4 is 11.1 Å². The van der Waals surface area contributed by atoms with E-state index >= 15 is 0 Å². The third-order valence-corrected chi connectivity index (χ3v) is 4.49. The molecule has 2 unspecified atom stereocenters. The van der Waals surface area contributed by atoms with Gasteiger partial charge in [0.25, 0.3) is 0 Å². The number of carbonyl (C=O) groups excluding carboxylic acids is 1. The van der Waals surface area contributed by atoms with Gasteiger partial charge in [0.15, 0.2) is 5.96 Å². The largest absolute Gasteiger partial charge is 0.370 e. The molecule has 6 nitrogen and oxygen atoms in total. The number of carbonyl (C=O) groups is 1. The lowest BCUT2D eigenvalue weighted by Gasteiger charge is -2.36. The first-order valence-corrected chi connectivity index (χ1v) is 8.73. The van der Waals surface area contributed by atoms with Gasteiger partial charge in [-0.15, -0.1) is 0 Å². The zero-order chi connectivity index (χ0) is 17.4. The molecule has 2 atom stereocenters. The van der Waals surface area contributed by atoms with Crippen molar-refractivity contribution < 1.29 is 4.79 Å². The molecule has 0 spiro atoms. The number of likely N-dealkylation sites (tertiary alicyclic amines) is 1. The molecule has 0 aromatic heterocycles. The first-order chi connectivity index (χ1) is 10.8. The number of piperidine rings is 1. The predicted molar refractivity (Wildman–Crippen MR) is 96.4 cm³/mol. The molecule has 1 fully saturated rings. The fourth-order valence-electron chi connectivity index (χ4n) is 3.27. The van der Waals surface area contributed by atoms with Gasteiger partial charge < -0.3 is 20.9 Å². The Morgan fingerprint density at radius 3 is 2.65 bits per heavy atom. The second kappa shape index (κ2) is 9.75. The van der Waals surface area contributed by atoms with E-state index in [0.717, 1.165) is 44.9 Å². The molecular formula is C17H35N5O. The Morgan fingerprint density at radius 1 is 1.43 bits per heavy atom. The summed E-state index contributed by atoms with van der Waals surface area (Å²) in [6, 6.07) is 0.484. The highest BCUT2D eigenvalue weighted by Crippen LogP contribution is 2.19. The molecule has 3 N–H and O–H groups in total. The molecule has 1 saturated heterocycles. The smallest absolute Gasteiger partial charge is 0.217 e. The minimum atomic E-state index is -0.204. The van der Waals surface area contributed by atoms with Crippen molar-refractivity contribution >= 4 is 11.9 Å². The molecule has 0 saturated carbocycles. The minimum absolute atomic E-state index is 0.204. The average molecular weight is 326 g/mol. The highest BCUT2D eigenvalue weighted by atomic mass is 16.1. The van der Waals surface area contributed by atoms with Gasteiger partial charge in [0, 0.05) is 39.1 Å². The SMILES string of the molecule is CN=C(NCC(CC(C)C)N(C)C)N1CCCC(CC(N)=O)C1. The first-order valence-electron chi connectivity index (χ1n) is 8.73. The number of hydrogen-bond donors (Lipinski definition) is 2. The average Bonchev–Trinajstić information content (AvgIpc) is 2.45. The Bertz CT molecular complexity index is 394. The maximum atomic E-state index is 11.2. The Kier molecular flexibility index (Phi) is 8.37. The summed E-state index contributed by atoms with van der Waals surface area (Å²) in [4.78, 5) is 20.1. The van der Waals surface area contributed by atoms with Crippen LogP contribution in [0.5, 0.6) is 0 Å². The van der Waals surface area contributed by atoms with E-state index in [2.05, 4.69) is 48.1 Å². The standard InChI is InChI=1S/C17H35N5O/c1-13(2)9-15(21(4)5)11-20-17(19-3)22-8-6-7-14(12-22)10-16(18)23/h13-15H,6-12H2,1-5H3,(H2,18,23)(H,19,20). The molecular weight excluding hydrogens is 290 g/mol. The van der Waals surface area contributed by atoms with Crippen molar-refractivity contribution in [1.82, 2.24) is 15.1 Å². The molecule has 0 bridgehead atoms. The fourth-order valence-corrected chi connectivity index (χ4v) is 3.27. The van der Waals surface area contributed by atoms with Crippen LogP contribution in [0.4, 0.5) is 0 Å². The van der Waals surface area contributed by atoms with Crippen molar-refractivity contribution in [3.05, 3.63) is 0 Å². The van der Waals surface area contributed by atoms with Crippen LogP contribution in [-0.4, -0.2) is 68.5 Å². The minimum Gasteiger partial charge on any atom is -0.370 e. The second-order valence-corrected chi connectivity index (χ2v) is 7.30. The number of hydrogen-bond acceptors (Lipinski definition) is 3. The van der Waals surface area contributed by atoms with Crippen LogP contribution in [0.15, 0.2) is 4.99 Å². The monoisotopic (exact) mass is 325 g/mol. The molecule has 1 aliphatic heterocycles. The Labute approximate surface area is 141 Å². The molecule has 1 aliphatic rings. The topological polar surface area (TPSA) is 74.0 Å². The molecule has 6 heteroatoms. The van der Waals surface area contributed by atoms with Crippen LogP contribution in [0, 0.1) is 11.8 Å². The number of likely N-dealkylation sites (N-methyl/N-ethyl adjacent to an activating group) is 1. The third kappa shape index (κ3) is 7.20. The third-order valence-electron chi connectivity index (χ3n) is 4.49. The van der Waals surface area contributed by atoms with E-state index in [1.165, 1.54) is 0 Å². The van der Waals surface area contributed by atoms with Gasteiger partial charge in [-0.05, 0) is 45.2 Å². The van der Waals surface area contributed by atoms with Gasteiger partial charge in [-0.3, -0.25) is 9.79 Å². The van der Waals surface area contributed by atoms with Crippen molar-refractivity contribution in [3.8, 4) is 0 Å². The molecule has 0 aliphatic carbocycles. The van der Waals surface area contributed by atoms with Crippen molar-refractivity contribution in [1.29, 1.82) is 0 Å². The molecule has 0 aromatic carbocycles. The lowest BCUT2D eigenvalue weighted by atomic mass is 9.95. The fraction of sp³-hybridized carbons (Fsp3) is 0.882. The van der Waals surface area contributed by atoms with Crippen LogP contribution in [0.3, 0.4) is 0 Å². The summed E-state index contributed by atoms with van der Waals surface area (Å²) in [5.41, 5.74) is 5.35. The normalized spacial score (nSPS) is 20.9. The summed E-state index contributed by atoms with van der Waals surface area (Å²) in [5.74, 6) is 1.75. The van der Waals surface area contributed by atoms with Crippen LogP contribution in [0.25, 0.3) is 0 Å².